The minimum absolute atomic E-state index is 0.0598. The first kappa shape index (κ1) is 33.3. The fourth-order valence-electron chi connectivity index (χ4n) is 3.07. The summed E-state index contributed by atoms with van der Waals surface area (Å²) in [7, 11) is -1.77. The Morgan fingerprint density at radius 2 is 1.33 bits per heavy atom. The molecule has 0 radical (unpaired) electrons. The Labute approximate surface area is 267 Å². The van der Waals surface area contributed by atoms with Gasteiger partial charge in [-0.1, -0.05) is 78.4 Å². The van der Waals surface area contributed by atoms with Crippen LogP contribution in [0.2, 0.25) is 0 Å². The van der Waals surface area contributed by atoms with E-state index in [1.54, 1.807) is 6.07 Å². The van der Waals surface area contributed by atoms with Gasteiger partial charge in [-0.15, -0.1) is 0 Å². The maximum Gasteiger partial charge on any atom is 0.348 e. The predicted octanol–water partition coefficient (Wildman–Crippen LogP) is 7.39. The van der Waals surface area contributed by atoms with Crippen LogP contribution in [0, 0.1) is 20.2 Å². The highest BCUT2D eigenvalue weighted by molar-refractivity contribution is 9.10. The van der Waals surface area contributed by atoms with Gasteiger partial charge in [0.2, 0.25) is 9.84 Å². The molecule has 42 heavy (non-hydrogen) atoms. The number of esters is 2. The molecule has 0 spiro atoms. The van der Waals surface area contributed by atoms with E-state index in [0.29, 0.717) is 20.7 Å². The molecule has 2 aromatic carbocycles. The van der Waals surface area contributed by atoms with E-state index in [0.717, 1.165) is 33.9 Å². The Kier molecular flexibility index (Phi) is 11.4. The maximum atomic E-state index is 12.6. The van der Waals surface area contributed by atoms with E-state index >= 15 is 0 Å². The molecule has 12 nitrogen and oxygen atoms in total. The van der Waals surface area contributed by atoms with Crippen LogP contribution in [-0.2, 0) is 19.3 Å². The normalized spacial score (nSPS) is 10.8. The van der Waals surface area contributed by atoms with Crippen molar-refractivity contribution in [1.29, 1.82) is 0 Å². The molecule has 4 rings (SSSR count). The Balaban J connectivity index is 0.000000231. The second-order valence-electron chi connectivity index (χ2n) is 7.58. The lowest BCUT2D eigenvalue weighted by Gasteiger charge is -2.02. The van der Waals surface area contributed by atoms with Gasteiger partial charge in [-0.05, 0) is 48.5 Å². The lowest BCUT2D eigenvalue weighted by atomic mass is 10.4. The molecule has 0 unspecified atom stereocenters. The second-order valence-corrected chi connectivity index (χ2v) is 14.5. The molecular weight excluding hydrogens is 764 g/mol. The average molecular weight is 780 g/mol. The molecule has 4 aromatic rings. The number of benzene rings is 2. The Hall–Kier alpha value is -3.16. The van der Waals surface area contributed by atoms with Crippen LogP contribution in [-0.4, -0.2) is 44.4 Å². The minimum Gasteiger partial charge on any atom is -0.465 e. The van der Waals surface area contributed by atoms with E-state index in [9.17, 15) is 38.2 Å². The number of carbonyl (C=O) groups is 2. The summed E-state index contributed by atoms with van der Waals surface area (Å²) in [5, 5.41) is 21.4. The molecule has 0 aliphatic rings. The molecule has 0 bridgehead atoms. The van der Waals surface area contributed by atoms with Crippen molar-refractivity contribution in [2.45, 2.75) is 19.6 Å². The molecule has 18 heteroatoms. The largest absolute Gasteiger partial charge is 0.465 e. The fraction of sp³-hybridized carbons (Fsp3) is 0.0833. The third-order valence-electron chi connectivity index (χ3n) is 4.88. The molecule has 0 saturated heterocycles. The second kappa shape index (κ2) is 14.3. The lowest BCUT2D eigenvalue weighted by molar-refractivity contribution is -0.383. The zero-order valence-corrected chi connectivity index (χ0v) is 27.6. The molecule has 0 fully saturated rings. The first-order valence-electron chi connectivity index (χ1n) is 11.0. The molecule has 2 aromatic heterocycles. The van der Waals surface area contributed by atoms with Crippen molar-refractivity contribution in [3.05, 3.63) is 99.6 Å². The van der Waals surface area contributed by atoms with Gasteiger partial charge in [0.1, 0.15) is 14.6 Å². The van der Waals surface area contributed by atoms with E-state index in [2.05, 4.69) is 41.3 Å². The van der Waals surface area contributed by atoms with Gasteiger partial charge in [0, 0.05) is 13.8 Å². The molecule has 0 atom stereocenters. The standard InChI is InChI=1S/C12H8BrNO6S2.C12H8BrNO4S2/c1-20-12(15)9-6-10(11(21-9)14(16)17)22(18,19)8-4-2-3-7(13)5-8;1-18-12(15)10-6-9(11(20-10)14(16)17)19-8-4-2-3-7(13)5-8/h2-6H,1H3;2-6H,1H3. The number of thiophene rings is 2. The molecule has 0 N–H and O–H groups in total. The molecule has 2 heterocycles. The van der Waals surface area contributed by atoms with Crippen LogP contribution in [0.5, 0.6) is 0 Å². The van der Waals surface area contributed by atoms with Crippen molar-refractivity contribution in [2.75, 3.05) is 14.2 Å². The highest BCUT2D eigenvalue weighted by Crippen LogP contribution is 2.41. The van der Waals surface area contributed by atoms with Crippen LogP contribution in [0.15, 0.2) is 89.2 Å². The van der Waals surface area contributed by atoms with E-state index in [4.69, 9.17) is 0 Å². The van der Waals surface area contributed by atoms with Crippen LogP contribution < -0.4 is 0 Å². The monoisotopic (exact) mass is 778 g/mol. The highest BCUT2D eigenvalue weighted by atomic mass is 79.9. The summed E-state index contributed by atoms with van der Waals surface area (Å²) >= 11 is 9.00. The molecule has 220 valence electrons. The van der Waals surface area contributed by atoms with E-state index < -0.39 is 41.5 Å². The third-order valence-corrected chi connectivity index (χ3v) is 11.0. The Morgan fingerprint density at radius 1 is 0.810 bits per heavy atom. The van der Waals surface area contributed by atoms with E-state index in [1.165, 1.54) is 43.1 Å². The molecular formula is C24H16Br2N2O10S4. The maximum absolute atomic E-state index is 12.6. The van der Waals surface area contributed by atoms with Crippen LogP contribution in [0.3, 0.4) is 0 Å². The van der Waals surface area contributed by atoms with Gasteiger partial charge in [0.25, 0.3) is 0 Å². The number of rotatable bonds is 8. The van der Waals surface area contributed by atoms with Gasteiger partial charge in [-0.3, -0.25) is 20.2 Å². The summed E-state index contributed by atoms with van der Waals surface area (Å²) in [5.41, 5.74) is 0. The fourth-order valence-corrected chi connectivity index (χ4v) is 8.89. The van der Waals surface area contributed by atoms with Crippen molar-refractivity contribution in [3.8, 4) is 0 Å². The number of carbonyl (C=O) groups excluding carboxylic acids is 2. The summed E-state index contributed by atoms with van der Waals surface area (Å²) in [4.78, 5) is 44.4. The zero-order chi connectivity index (χ0) is 31.2. The van der Waals surface area contributed by atoms with Crippen LogP contribution in [0.4, 0.5) is 10.0 Å². The first-order chi connectivity index (χ1) is 19.8. The molecule has 0 amide bonds. The quantitative estimate of drug-likeness (QED) is 0.0991. The predicted molar refractivity (Wildman–Crippen MR) is 162 cm³/mol. The van der Waals surface area contributed by atoms with E-state index in [1.807, 2.05) is 24.3 Å². The summed E-state index contributed by atoms with van der Waals surface area (Å²) in [6.45, 7) is 0. The molecule has 0 saturated carbocycles. The first-order valence-corrected chi connectivity index (χ1v) is 16.5. The van der Waals surface area contributed by atoms with Gasteiger partial charge >= 0.3 is 21.9 Å². The smallest absolute Gasteiger partial charge is 0.348 e. The van der Waals surface area contributed by atoms with Crippen molar-refractivity contribution >= 4 is 98.1 Å². The zero-order valence-electron chi connectivity index (χ0n) is 21.1. The minimum atomic E-state index is -4.13. The van der Waals surface area contributed by atoms with Gasteiger partial charge in [0.05, 0.1) is 29.0 Å². The summed E-state index contributed by atoms with van der Waals surface area (Å²) in [6, 6.07) is 15.6. The number of hydrogen-bond acceptors (Lipinski definition) is 13. The number of halogens is 2. The lowest BCUT2D eigenvalue weighted by Crippen LogP contribution is -2.03. The van der Waals surface area contributed by atoms with Crippen molar-refractivity contribution in [3.63, 3.8) is 0 Å². The Morgan fingerprint density at radius 3 is 1.86 bits per heavy atom. The van der Waals surface area contributed by atoms with Crippen LogP contribution >= 0.6 is 66.3 Å². The number of nitro groups is 2. The van der Waals surface area contributed by atoms with Crippen molar-refractivity contribution in [2.24, 2.45) is 0 Å². The van der Waals surface area contributed by atoms with Crippen LogP contribution in [0.25, 0.3) is 0 Å². The van der Waals surface area contributed by atoms with Gasteiger partial charge < -0.3 is 9.47 Å². The third kappa shape index (κ3) is 8.01. The van der Waals surface area contributed by atoms with Gasteiger partial charge in [0.15, 0.2) is 4.90 Å². The van der Waals surface area contributed by atoms with Gasteiger partial charge in [-0.2, -0.15) is 0 Å². The van der Waals surface area contributed by atoms with Crippen molar-refractivity contribution < 1.29 is 37.3 Å². The van der Waals surface area contributed by atoms with Crippen LogP contribution in [0.1, 0.15) is 19.3 Å². The SMILES string of the molecule is COC(=O)c1cc(S(=O)(=O)c2cccc(Br)c2)c([N+](=O)[O-])s1.COC(=O)c1cc(Sc2cccc(Br)c2)c([N+](=O)[O-])s1. The number of methoxy groups -OCH3 is 2. The molecule has 0 aliphatic heterocycles. The number of hydrogen-bond donors (Lipinski definition) is 0. The van der Waals surface area contributed by atoms with E-state index in [-0.39, 0.29) is 19.7 Å². The van der Waals surface area contributed by atoms with Crippen molar-refractivity contribution in [1.82, 2.24) is 0 Å². The summed E-state index contributed by atoms with van der Waals surface area (Å²) in [5.74, 6) is -1.40. The average Bonchev–Trinajstić information content (AvgIpc) is 3.59. The molecule has 0 aliphatic carbocycles. The highest BCUT2D eigenvalue weighted by Gasteiger charge is 2.33. The number of sulfone groups is 1. The number of nitrogens with zero attached hydrogens (tertiary/aromatic N) is 2. The summed E-state index contributed by atoms with van der Waals surface area (Å²) < 4.78 is 35.6. The number of ether oxygens (including phenoxy) is 2. The van der Waals surface area contributed by atoms with Gasteiger partial charge in [-0.25, -0.2) is 18.0 Å². The summed E-state index contributed by atoms with van der Waals surface area (Å²) in [6.07, 6.45) is 0. The Bertz CT molecular complexity index is 1790. The topological polar surface area (TPSA) is 173 Å².